The van der Waals surface area contributed by atoms with Gasteiger partial charge in [0.15, 0.2) is 0 Å². The van der Waals surface area contributed by atoms with E-state index >= 15 is 0 Å². The summed E-state index contributed by atoms with van der Waals surface area (Å²) in [5.41, 5.74) is 1.15. The lowest BCUT2D eigenvalue weighted by Gasteiger charge is -2.23. The summed E-state index contributed by atoms with van der Waals surface area (Å²) < 4.78 is 0. The maximum Gasteiger partial charge on any atom is 0.137 e. The van der Waals surface area contributed by atoms with Crippen LogP contribution in [-0.4, -0.2) is 55.1 Å². The van der Waals surface area contributed by atoms with Crippen LogP contribution >= 0.6 is 0 Å². The van der Waals surface area contributed by atoms with Gasteiger partial charge < -0.3 is 15.1 Å². The molecule has 1 saturated heterocycles. The lowest BCUT2D eigenvalue weighted by atomic mass is 10.2. The van der Waals surface area contributed by atoms with Gasteiger partial charge in [-0.15, -0.1) is 0 Å². The second-order valence-corrected chi connectivity index (χ2v) is 5.39. The summed E-state index contributed by atoms with van der Waals surface area (Å²) in [6.07, 6.45) is 2.07. The first-order valence-electron chi connectivity index (χ1n) is 7.03. The highest BCUT2D eigenvalue weighted by atomic mass is 15.3. The fraction of sp³-hybridized carbons (Fsp3) is 0.714. The van der Waals surface area contributed by atoms with Crippen LogP contribution in [0.2, 0.25) is 0 Å². The number of nitrogens with zero attached hydrogens (tertiary/aromatic N) is 4. The van der Waals surface area contributed by atoms with Gasteiger partial charge in [-0.2, -0.15) is 0 Å². The molecule has 1 unspecified atom stereocenters. The summed E-state index contributed by atoms with van der Waals surface area (Å²) >= 11 is 0. The number of rotatable bonds is 4. The third-order valence-electron chi connectivity index (χ3n) is 3.91. The molecular formula is C14H25N5. The Morgan fingerprint density at radius 3 is 2.63 bits per heavy atom. The molecule has 0 saturated carbocycles. The van der Waals surface area contributed by atoms with Crippen molar-refractivity contribution in [2.75, 3.05) is 44.4 Å². The van der Waals surface area contributed by atoms with Crippen LogP contribution in [0.15, 0.2) is 0 Å². The molecule has 2 heterocycles. The molecule has 5 nitrogen and oxygen atoms in total. The number of likely N-dealkylation sites (N-methyl/N-ethyl adjacent to an activating group) is 1. The van der Waals surface area contributed by atoms with Crippen molar-refractivity contribution in [1.82, 2.24) is 14.9 Å². The average molecular weight is 263 g/mol. The van der Waals surface area contributed by atoms with E-state index in [0.717, 1.165) is 42.5 Å². The van der Waals surface area contributed by atoms with Crippen molar-refractivity contribution in [3.63, 3.8) is 0 Å². The summed E-state index contributed by atoms with van der Waals surface area (Å²) in [4.78, 5) is 14.0. The van der Waals surface area contributed by atoms with Gasteiger partial charge in [-0.3, -0.25) is 0 Å². The fourth-order valence-corrected chi connectivity index (χ4v) is 2.62. The molecule has 0 spiro atoms. The van der Waals surface area contributed by atoms with E-state index in [1.54, 1.807) is 0 Å². The normalized spacial score (nSPS) is 19.3. The molecule has 1 aliphatic rings. The van der Waals surface area contributed by atoms with E-state index in [1.165, 1.54) is 6.42 Å². The molecular weight excluding hydrogens is 238 g/mol. The Kier molecular flexibility index (Phi) is 4.24. The standard InChI is InChI=1S/C14H25N5/c1-6-12-16-13(15-3)10(2)14(17-12)19-8-7-11(9-19)18(4)5/h11H,6-9H2,1-5H3,(H,15,16,17). The van der Waals surface area contributed by atoms with Crippen molar-refractivity contribution in [3.05, 3.63) is 11.4 Å². The number of hydrogen-bond donors (Lipinski definition) is 1. The third kappa shape index (κ3) is 2.81. The van der Waals surface area contributed by atoms with Crippen LogP contribution in [0.5, 0.6) is 0 Å². The molecule has 1 aromatic heterocycles. The highest BCUT2D eigenvalue weighted by Crippen LogP contribution is 2.27. The summed E-state index contributed by atoms with van der Waals surface area (Å²) in [5.74, 6) is 2.97. The molecule has 1 fully saturated rings. The molecule has 1 aromatic rings. The SMILES string of the molecule is CCc1nc(NC)c(C)c(N2CCC(N(C)C)C2)n1. The Balaban J connectivity index is 2.29. The van der Waals surface area contributed by atoms with Gasteiger partial charge >= 0.3 is 0 Å². The van der Waals surface area contributed by atoms with E-state index in [-0.39, 0.29) is 0 Å². The van der Waals surface area contributed by atoms with Gasteiger partial charge in [-0.1, -0.05) is 6.92 Å². The lowest BCUT2D eigenvalue weighted by molar-refractivity contribution is 0.315. The number of aryl methyl sites for hydroxylation is 1. The summed E-state index contributed by atoms with van der Waals surface area (Å²) in [6, 6.07) is 0.623. The van der Waals surface area contributed by atoms with Crippen LogP contribution in [-0.2, 0) is 6.42 Å². The monoisotopic (exact) mass is 263 g/mol. The van der Waals surface area contributed by atoms with Crippen molar-refractivity contribution in [2.24, 2.45) is 0 Å². The first-order valence-corrected chi connectivity index (χ1v) is 7.03. The van der Waals surface area contributed by atoms with Gasteiger partial charge in [0.05, 0.1) is 0 Å². The number of nitrogens with one attached hydrogen (secondary N) is 1. The van der Waals surface area contributed by atoms with Crippen molar-refractivity contribution in [1.29, 1.82) is 0 Å². The Morgan fingerprint density at radius 2 is 2.11 bits per heavy atom. The van der Waals surface area contributed by atoms with E-state index in [4.69, 9.17) is 4.98 Å². The predicted octanol–water partition coefficient (Wildman–Crippen LogP) is 1.53. The molecule has 1 atom stereocenters. The Morgan fingerprint density at radius 1 is 1.37 bits per heavy atom. The van der Waals surface area contributed by atoms with E-state index in [9.17, 15) is 0 Å². The fourth-order valence-electron chi connectivity index (χ4n) is 2.62. The predicted molar refractivity (Wildman–Crippen MR) is 80.0 cm³/mol. The summed E-state index contributed by atoms with van der Waals surface area (Å²) in [7, 11) is 6.22. The quantitative estimate of drug-likeness (QED) is 0.892. The minimum Gasteiger partial charge on any atom is -0.373 e. The second kappa shape index (κ2) is 5.74. The smallest absolute Gasteiger partial charge is 0.137 e. The first kappa shape index (κ1) is 14.1. The average Bonchev–Trinajstić information content (AvgIpc) is 2.88. The minimum atomic E-state index is 0.623. The van der Waals surface area contributed by atoms with Crippen molar-refractivity contribution < 1.29 is 0 Å². The molecule has 106 valence electrons. The maximum absolute atomic E-state index is 4.73. The highest BCUT2D eigenvalue weighted by Gasteiger charge is 2.26. The van der Waals surface area contributed by atoms with Gasteiger partial charge in [-0.05, 0) is 27.4 Å². The second-order valence-electron chi connectivity index (χ2n) is 5.39. The van der Waals surface area contributed by atoms with E-state index in [2.05, 4.69) is 48.0 Å². The molecule has 0 amide bonds. The molecule has 19 heavy (non-hydrogen) atoms. The van der Waals surface area contributed by atoms with Crippen molar-refractivity contribution >= 4 is 11.6 Å². The van der Waals surface area contributed by atoms with Gasteiger partial charge in [0.25, 0.3) is 0 Å². The number of anilines is 2. The van der Waals surface area contributed by atoms with Gasteiger partial charge in [0, 0.05) is 38.2 Å². The lowest BCUT2D eigenvalue weighted by Crippen LogP contribution is -2.32. The van der Waals surface area contributed by atoms with Crippen LogP contribution in [0.25, 0.3) is 0 Å². The van der Waals surface area contributed by atoms with Gasteiger partial charge in [0.1, 0.15) is 17.5 Å². The Labute approximate surface area is 116 Å². The van der Waals surface area contributed by atoms with E-state index in [0.29, 0.717) is 6.04 Å². The Bertz CT molecular complexity index is 444. The first-order chi connectivity index (χ1) is 9.06. The molecule has 5 heteroatoms. The van der Waals surface area contributed by atoms with Crippen molar-refractivity contribution in [2.45, 2.75) is 32.7 Å². The van der Waals surface area contributed by atoms with Crippen LogP contribution < -0.4 is 10.2 Å². The maximum atomic E-state index is 4.73. The molecule has 0 bridgehead atoms. The number of hydrogen-bond acceptors (Lipinski definition) is 5. The van der Waals surface area contributed by atoms with Crippen molar-refractivity contribution in [3.8, 4) is 0 Å². The largest absolute Gasteiger partial charge is 0.373 e. The molecule has 2 rings (SSSR count). The molecule has 0 aromatic carbocycles. The minimum absolute atomic E-state index is 0.623. The molecule has 0 radical (unpaired) electrons. The zero-order valence-electron chi connectivity index (χ0n) is 12.7. The number of aromatic nitrogens is 2. The zero-order valence-corrected chi connectivity index (χ0v) is 12.7. The summed E-state index contributed by atoms with van der Waals surface area (Å²) in [5, 5.41) is 3.18. The highest BCUT2D eigenvalue weighted by molar-refractivity contribution is 5.59. The van der Waals surface area contributed by atoms with Gasteiger partial charge in [0.2, 0.25) is 0 Å². The molecule has 1 N–H and O–H groups in total. The molecule has 1 aliphatic heterocycles. The van der Waals surface area contributed by atoms with Crippen LogP contribution in [0.4, 0.5) is 11.6 Å². The third-order valence-corrected chi connectivity index (χ3v) is 3.91. The van der Waals surface area contributed by atoms with Crippen LogP contribution in [0, 0.1) is 6.92 Å². The van der Waals surface area contributed by atoms with Gasteiger partial charge in [-0.25, -0.2) is 9.97 Å². The van der Waals surface area contributed by atoms with E-state index in [1.807, 2.05) is 7.05 Å². The molecule has 0 aliphatic carbocycles. The summed E-state index contributed by atoms with van der Waals surface area (Å²) in [6.45, 7) is 6.33. The van der Waals surface area contributed by atoms with Crippen LogP contribution in [0.1, 0.15) is 24.7 Å². The zero-order chi connectivity index (χ0) is 14.0. The van der Waals surface area contributed by atoms with Crippen LogP contribution in [0.3, 0.4) is 0 Å². The Hall–Kier alpha value is -1.36. The van der Waals surface area contributed by atoms with E-state index < -0.39 is 0 Å². The topological polar surface area (TPSA) is 44.3 Å².